The Morgan fingerprint density at radius 3 is 1.89 bits per heavy atom. The molecule has 0 amide bonds. The molecule has 0 atom stereocenters. The smallest absolute Gasteiger partial charge is 0.160 e. The summed E-state index contributed by atoms with van der Waals surface area (Å²) in [5, 5.41) is 2.89. The number of aromatic nitrogens is 2. The fourth-order valence-electron chi connectivity index (χ4n) is 4.85. The van der Waals surface area contributed by atoms with Crippen molar-refractivity contribution in [2.75, 3.05) is 0 Å². The fraction of sp³-hybridized carbons (Fsp3) is 0. The van der Waals surface area contributed by atoms with Crippen molar-refractivity contribution >= 4 is 33.5 Å². The normalized spacial score (nSPS) is 11.3. The van der Waals surface area contributed by atoms with E-state index < -0.39 is 0 Å². The molecule has 5 aromatic carbocycles. The fourth-order valence-corrected chi connectivity index (χ4v) is 4.97. The largest absolute Gasteiger partial charge is 0.456 e. The number of para-hydroxylation sites is 1. The number of nitrogens with zero attached hydrogens (tertiary/aromatic N) is 2. The average molecular weight is 509 g/mol. The summed E-state index contributed by atoms with van der Waals surface area (Å²) >= 11 is 6.12. The summed E-state index contributed by atoms with van der Waals surface area (Å²) in [6.07, 6.45) is 0. The summed E-state index contributed by atoms with van der Waals surface area (Å²) in [6, 6.07) is 42.8. The van der Waals surface area contributed by atoms with E-state index in [9.17, 15) is 0 Å². The maximum atomic E-state index is 6.12. The standard InChI is InChI=1S/C34H21ClN2O/c35-27-16-13-22(14-17-27)24-9-6-10-25(19-24)30-21-31(37-34(36-30)23-7-2-1-3-8-23)26-15-18-33-29(20-26)28-11-4-5-12-32(28)38-33/h1-21H. The highest BCUT2D eigenvalue weighted by atomic mass is 35.5. The molecule has 2 heterocycles. The molecular formula is C34H21ClN2O. The van der Waals surface area contributed by atoms with Gasteiger partial charge in [0.1, 0.15) is 11.2 Å². The second-order valence-corrected chi connectivity index (χ2v) is 9.66. The highest BCUT2D eigenvalue weighted by Crippen LogP contribution is 2.34. The number of hydrogen-bond donors (Lipinski definition) is 0. The van der Waals surface area contributed by atoms with Crippen molar-refractivity contribution in [3.63, 3.8) is 0 Å². The number of halogens is 1. The van der Waals surface area contributed by atoms with Crippen molar-refractivity contribution in [1.29, 1.82) is 0 Å². The zero-order valence-electron chi connectivity index (χ0n) is 20.3. The lowest BCUT2D eigenvalue weighted by molar-refractivity contribution is 0.669. The number of furan rings is 1. The van der Waals surface area contributed by atoms with Crippen LogP contribution in [0.1, 0.15) is 0 Å². The van der Waals surface area contributed by atoms with E-state index in [-0.39, 0.29) is 0 Å². The summed E-state index contributed by atoms with van der Waals surface area (Å²) < 4.78 is 6.05. The minimum atomic E-state index is 0.687. The lowest BCUT2D eigenvalue weighted by Crippen LogP contribution is -1.96. The Morgan fingerprint density at radius 2 is 1.08 bits per heavy atom. The van der Waals surface area contributed by atoms with Gasteiger partial charge in [-0.2, -0.15) is 0 Å². The van der Waals surface area contributed by atoms with Gasteiger partial charge in [-0.3, -0.25) is 0 Å². The number of rotatable bonds is 4. The van der Waals surface area contributed by atoms with Crippen molar-refractivity contribution in [2.24, 2.45) is 0 Å². The predicted molar refractivity (Wildman–Crippen MR) is 156 cm³/mol. The highest BCUT2D eigenvalue weighted by molar-refractivity contribution is 6.30. The minimum absolute atomic E-state index is 0.687. The van der Waals surface area contributed by atoms with Crippen molar-refractivity contribution in [3.8, 4) is 45.0 Å². The second-order valence-electron chi connectivity index (χ2n) is 9.22. The van der Waals surface area contributed by atoms with Crippen LogP contribution in [0.3, 0.4) is 0 Å². The molecule has 7 rings (SSSR count). The predicted octanol–water partition coefficient (Wildman–Crippen LogP) is 9.70. The molecule has 0 spiro atoms. The molecule has 0 fully saturated rings. The molecule has 4 heteroatoms. The number of hydrogen-bond acceptors (Lipinski definition) is 3. The van der Waals surface area contributed by atoms with Gasteiger partial charge in [-0.15, -0.1) is 0 Å². The van der Waals surface area contributed by atoms with Crippen molar-refractivity contribution in [2.45, 2.75) is 0 Å². The van der Waals surface area contributed by atoms with E-state index >= 15 is 0 Å². The Bertz CT molecular complexity index is 1920. The third-order valence-corrected chi connectivity index (χ3v) is 7.02. The Labute approximate surface area is 225 Å². The van der Waals surface area contributed by atoms with Gasteiger partial charge in [0.2, 0.25) is 0 Å². The Balaban J connectivity index is 1.40. The van der Waals surface area contributed by atoms with Crippen LogP contribution in [0.25, 0.3) is 67.0 Å². The Hall–Kier alpha value is -4.73. The molecule has 0 aliphatic carbocycles. The van der Waals surface area contributed by atoms with Crippen LogP contribution < -0.4 is 0 Å². The van der Waals surface area contributed by atoms with Gasteiger partial charge in [-0.05, 0) is 59.7 Å². The lowest BCUT2D eigenvalue weighted by atomic mass is 10.00. The van der Waals surface area contributed by atoms with Crippen LogP contribution in [-0.2, 0) is 0 Å². The molecule has 0 bridgehead atoms. The van der Waals surface area contributed by atoms with Crippen LogP contribution in [0, 0.1) is 0 Å². The zero-order chi connectivity index (χ0) is 25.5. The molecule has 3 nitrogen and oxygen atoms in total. The van der Waals surface area contributed by atoms with Crippen LogP contribution in [0.15, 0.2) is 132 Å². The van der Waals surface area contributed by atoms with E-state index in [2.05, 4.69) is 48.5 Å². The van der Waals surface area contributed by atoms with Crippen LogP contribution in [0.2, 0.25) is 5.02 Å². The molecule has 38 heavy (non-hydrogen) atoms. The molecule has 7 aromatic rings. The number of fused-ring (bicyclic) bond motifs is 3. The summed E-state index contributed by atoms with van der Waals surface area (Å²) in [4.78, 5) is 10.0. The van der Waals surface area contributed by atoms with E-state index in [1.54, 1.807) is 0 Å². The van der Waals surface area contributed by atoms with Crippen LogP contribution in [0.4, 0.5) is 0 Å². The topological polar surface area (TPSA) is 38.9 Å². The van der Waals surface area contributed by atoms with E-state index in [1.165, 1.54) is 0 Å². The summed E-state index contributed by atoms with van der Waals surface area (Å²) in [7, 11) is 0. The van der Waals surface area contributed by atoms with Crippen LogP contribution >= 0.6 is 11.6 Å². The number of benzene rings is 5. The molecular weight excluding hydrogens is 488 g/mol. The van der Waals surface area contributed by atoms with Gasteiger partial charge in [0.05, 0.1) is 11.4 Å². The molecule has 0 saturated carbocycles. The quantitative estimate of drug-likeness (QED) is 0.237. The van der Waals surface area contributed by atoms with Crippen molar-refractivity contribution < 1.29 is 4.42 Å². The Kier molecular flexibility index (Phi) is 5.49. The van der Waals surface area contributed by atoms with Crippen LogP contribution in [0.5, 0.6) is 0 Å². The van der Waals surface area contributed by atoms with Gasteiger partial charge in [-0.25, -0.2) is 9.97 Å². The Morgan fingerprint density at radius 1 is 0.447 bits per heavy atom. The molecule has 0 saturated heterocycles. The van der Waals surface area contributed by atoms with E-state index in [0.717, 1.165) is 66.2 Å². The van der Waals surface area contributed by atoms with Crippen LogP contribution in [-0.4, -0.2) is 9.97 Å². The summed E-state index contributed by atoms with van der Waals surface area (Å²) in [6.45, 7) is 0. The zero-order valence-corrected chi connectivity index (χ0v) is 21.1. The molecule has 0 aliphatic rings. The second kappa shape index (κ2) is 9.29. The molecule has 2 aromatic heterocycles. The average Bonchev–Trinajstić information content (AvgIpc) is 3.36. The summed E-state index contributed by atoms with van der Waals surface area (Å²) in [5.41, 5.74) is 8.68. The maximum absolute atomic E-state index is 6.12. The van der Waals surface area contributed by atoms with E-state index in [1.807, 2.05) is 78.9 Å². The highest BCUT2D eigenvalue weighted by Gasteiger charge is 2.13. The third kappa shape index (κ3) is 4.13. The molecule has 180 valence electrons. The summed E-state index contributed by atoms with van der Waals surface area (Å²) in [5.74, 6) is 0.687. The lowest BCUT2D eigenvalue weighted by Gasteiger charge is -2.11. The molecule has 0 radical (unpaired) electrons. The molecule has 0 aliphatic heterocycles. The third-order valence-electron chi connectivity index (χ3n) is 6.77. The van der Waals surface area contributed by atoms with E-state index in [0.29, 0.717) is 5.82 Å². The van der Waals surface area contributed by atoms with Gasteiger partial charge in [-0.1, -0.05) is 90.5 Å². The first-order valence-corrected chi connectivity index (χ1v) is 12.8. The first kappa shape index (κ1) is 22.5. The van der Waals surface area contributed by atoms with Gasteiger partial charge < -0.3 is 4.42 Å². The molecule has 0 N–H and O–H groups in total. The van der Waals surface area contributed by atoms with Gasteiger partial charge >= 0.3 is 0 Å². The first-order chi connectivity index (χ1) is 18.7. The van der Waals surface area contributed by atoms with Crippen molar-refractivity contribution in [3.05, 3.63) is 132 Å². The van der Waals surface area contributed by atoms with Gasteiger partial charge in [0, 0.05) is 32.5 Å². The van der Waals surface area contributed by atoms with Gasteiger partial charge in [0.25, 0.3) is 0 Å². The minimum Gasteiger partial charge on any atom is -0.456 e. The van der Waals surface area contributed by atoms with Gasteiger partial charge in [0.15, 0.2) is 5.82 Å². The SMILES string of the molecule is Clc1ccc(-c2cccc(-c3cc(-c4ccc5oc6ccccc6c5c4)nc(-c4ccccc4)n3)c2)cc1. The maximum Gasteiger partial charge on any atom is 0.160 e. The van der Waals surface area contributed by atoms with E-state index in [4.69, 9.17) is 26.0 Å². The van der Waals surface area contributed by atoms with Crippen molar-refractivity contribution in [1.82, 2.24) is 9.97 Å². The first-order valence-electron chi connectivity index (χ1n) is 12.4. The molecule has 0 unspecified atom stereocenters. The monoisotopic (exact) mass is 508 g/mol.